The van der Waals surface area contributed by atoms with Crippen molar-refractivity contribution >= 4 is 46.6 Å². The van der Waals surface area contributed by atoms with E-state index in [4.69, 9.17) is 0 Å². The van der Waals surface area contributed by atoms with Crippen LogP contribution in [-0.4, -0.2) is 0 Å². The quantitative estimate of drug-likeness (QED) is 0.312. The molecule has 0 radical (unpaired) electrons. The zero-order valence-corrected chi connectivity index (χ0v) is 19.5. The van der Waals surface area contributed by atoms with Crippen LogP contribution in [0.15, 0.2) is 121 Å². The van der Waals surface area contributed by atoms with Gasteiger partial charge in [-0.3, -0.25) is 0 Å². The molecule has 0 aliphatic heterocycles. The number of hydrogen-bond donors (Lipinski definition) is 0. The van der Waals surface area contributed by atoms with E-state index in [-0.39, 0.29) is 0 Å². The number of hydrogen-bond acceptors (Lipinski definition) is 0. The maximum atomic E-state index is 2.85. The summed E-state index contributed by atoms with van der Waals surface area (Å²) in [5.41, 5.74) is 1.40. The van der Waals surface area contributed by atoms with E-state index in [0.29, 0.717) is 0 Å². The molecule has 0 aliphatic rings. The van der Waals surface area contributed by atoms with E-state index >= 15 is 0 Å². The molecular weight excluding hydrogens is 442 g/mol. The Morgan fingerprint density at radius 3 is 1.07 bits per heavy atom. The molecule has 0 amide bonds. The van der Waals surface area contributed by atoms with Crippen molar-refractivity contribution in [3.63, 3.8) is 0 Å². The third kappa shape index (κ3) is 4.61. The summed E-state index contributed by atoms with van der Waals surface area (Å²) >= 11 is 2.85. The van der Waals surface area contributed by atoms with Crippen LogP contribution >= 0.6 is 30.7 Å². The number of rotatable bonds is 5. The maximum absolute atomic E-state index is 2.85. The Kier molecular flexibility index (Phi) is 7.99. The zero-order chi connectivity index (χ0) is 19.7. The Hall–Kier alpha value is -1.78. The minimum absolute atomic E-state index is 1.06. The van der Waals surface area contributed by atoms with Gasteiger partial charge in [-0.1, -0.05) is 23.4 Å². The van der Waals surface area contributed by atoms with Gasteiger partial charge < -0.3 is 0 Å². The molecule has 0 bridgehead atoms. The van der Waals surface area contributed by atoms with Gasteiger partial charge in [0, 0.05) is 0 Å². The molecule has 0 saturated carbocycles. The Morgan fingerprint density at radius 1 is 0.464 bits per heavy atom. The monoisotopic (exact) mass is 466 g/mol. The molecule has 1 atom stereocenters. The first-order chi connectivity index (χ1) is 13.9. The van der Waals surface area contributed by atoms with Crippen molar-refractivity contribution in [2.75, 3.05) is 0 Å². The predicted octanol–water partition coefficient (Wildman–Crippen LogP) is 6.08. The fourth-order valence-electron chi connectivity index (χ4n) is 3.88. The molecule has 0 fully saturated rings. The summed E-state index contributed by atoms with van der Waals surface area (Å²) < 4.78 is 0. The second kappa shape index (κ2) is 10.7. The predicted molar refractivity (Wildman–Crippen MR) is 135 cm³/mol. The Morgan fingerprint density at radius 2 is 0.750 bits per heavy atom. The van der Waals surface area contributed by atoms with E-state index in [1.807, 2.05) is 0 Å². The van der Waals surface area contributed by atoms with Crippen LogP contribution in [0.25, 0.3) is 0 Å². The molecule has 28 heavy (non-hydrogen) atoms. The summed E-state index contributed by atoms with van der Waals surface area (Å²) in [4.78, 5) is 0. The van der Waals surface area contributed by atoms with Crippen molar-refractivity contribution in [1.29, 1.82) is 0 Å². The van der Waals surface area contributed by atoms with E-state index in [2.05, 4.69) is 145 Å². The second-order valence-corrected chi connectivity index (χ2v) is 10.6. The van der Waals surface area contributed by atoms with Crippen molar-refractivity contribution in [3.05, 3.63) is 127 Å². The first-order valence-electron chi connectivity index (χ1n) is 9.32. The molecular formula is C25H25BrP2. The van der Waals surface area contributed by atoms with E-state index in [9.17, 15) is 0 Å². The van der Waals surface area contributed by atoms with Gasteiger partial charge in [0.1, 0.15) is 0 Å². The van der Waals surface area contributed by atoms with Crippen LogP contribution in [0.2, 0.25) is 0 Å². The zero-order valence-electron chi connectivity index (χ0n) is 15.7. The van der Waals surface area contributed by atoms with Gasteiger partial charge in [0.2, 0.25) is 0 Å². The first kappa shape index (κ1) is 20.9. The SMILES string of the molecule is PBr.c1ccc(C[PH](c2ccccc2)(c2ccccc2)c2ccccc2)cc1. The van der Waals surface area contributed by atoms with Crippen molar-refractivity contribution < 1.29 is 0 Å². The normalized spacial score (nSPS) is 11.2. The van der Waals surface area contributed by atoms with E-state index in [1.165, 1.54) is 21.5 Å². The Labute approximate surface area is 179 Å². The van der Waals surface area contributed by atoms with Crippen molar-refractivity contribution in [1.82, 2.24) is 0 Å². The molecule has 0 aromatic heterocycles. The van der Waals surface area contributed by atoms with Crippen LogP contribution in [0.5, 0.6) is 0 Å². The Bertz CT molecular complexity index is 846. The molecule has 0 saturated heterocycles. The molecule has 4 rings (SSSR count). The van der Waals surface area contributed by atoms with Crippen LogP contribution in [0.3, 0.4) is 0 Å². The van der Waals surface area contributed by atoms with E-state index < -0.39 is 7.26 Å². The van der Waals surface area contributed by atoms with Gasteiger partial charge >= 0.3 is 156 Å². The molecule has 3 heteroatoms. The standard InChI is InChI=1S/C25H23P.BrH2P/c1-5-13-22(14-6-1)21-26(23-15-7-2-8-16-23,24-17-9-3-10-18-24)25-19-11-4-12-20-25;1-2/h1-20,26H,21H2;2H2. The van der Waals surface area contributed by atoms with Gasteiger partial charge in [-0.05, 0) is 0 Å². The average Bonchev–Trinajstić information content (AvgIpc) is 2.81. The van der Waals surface area contributed by atoms with Gasteiger partial charge in [0.25, 0.3) is 0 Å². The summed E-state index contributed by atoms with van der Waals surface area (Å²) in [7, 11) is 0.0645. The molecule has 4 aromatic rings. The molecule has 0 heterocycles. The summed E-state index contributed by atoms with van der Waals surface area (Å²) in [5, 5.41) is 4.38. The van der Waals surface area contributed by atoms with Gasteiger partial charge in [0.05, 0.1) is 0 Å². The number of halogens is 1. The molecule has 1 unspecified atom stereocenters. The first-order valence-corrected chi connectivity index (χ1v) is 14.7. The number of benzene rings is 4. The Balaban J connectivity index is 0.00000109. The van der Waals surface area contributed by atoms with Gasteiger partial charge in [-0.15, -0.1) is 0 Å². The van der Waals surface area contributed by atoms with Crippen LogP contribution < -0.4 is 15.9 Å². The molecule has 142 valence electrons. The second-order valence-electron chi connectivity index (χ2n) is 6.67. The van der Waals surface area contributed by atoms with Gasteiger partial charge in [0.15, 0.2) is 0 Å². The van der Waals surface area contributed by atoms with E-state index in [0.717, 1.165) is 6.16 Å². The van der Waals surface area contributed by atoms with Gasteiger partial charge in [-0.25, -0.2) is 0 Å². The van der Waals surface area contributed by atoms with Gasteiger partial charge in [-0.2, -0.15) is 0 Å². The third-order valence-corrected chi connectivity index (χ3v) is 10.0. The van der Waals surface area contributed by atoms with Crippen LogP contribution in [0.1, 0.15) is 5.56 Å². The minimum atomic E-state index is -2.16. The molecule has 0 nitrogen and oxygen atoms in total. The molecule has 0 aliphatic carbocycles. The van der Waals surface area contributed by atoms with Crippen molar-refractivity contribution in [3.8, 4) is 0 Å². The van der Waals surface area contributed by atoms with Crippen molar-refractivity contribution in [2.45, 2.75) is 6.16 Å². The average molecular weight is 467 g/mol. The summed E-state index contributed by atoms with van der Waals surface area (Å²) in [6.45, 7) is 0. The van der Waals surface area contributed by atoms with Crippen LogP contribution in [0, 0.1) is 0 Å². The summed E-state index contributed by atoms with van der Waals surface area (Å²) in [5.74, 6) is 0. The summed E-state index contributed by atoms with van der Waals surface area (Å²) in [6.07, 6.45) is 1.06. The molecule has 4 aromatic carbocycles. The summed E-state index contributed by atoms with van der Waals surface area (Å²) in [6, 6.07) is 44.2. The third-order valence-electron chi connectivity index (χ3n) is 5.11. The van der Waals surface area contributed by atoms with E-state index in [1.54, 1.807) is 0 Å². The van der Waals surface area contributed by atoms with Crippen molar-refractivity contribution in [2.24, 2.45) is 0 Å². The van der Waals surface area contributed by atoms with Crippen LogP contribution in [-0.2, 0) is 6.16 Å². The fraction of sp³-hybridized carbons (Fsp3) is 0.0400. The molecule has 0 spiro atoms. The topological polar surface area (TPSA) is 0 Å². The fourth-order valence-corrected chi connectivity index (χ4v) is 8.62. The van der Waals surface area contributed by atoms with Crippen LogP contribution in [0.4, 0.5) is 0 Å². The molecule has 0 N–H and O–H groups in total.